The van der Waals surface area contributed by atoms with Crippen LogP contribution in [-0.2, 0) is 22.0 Å². The summed E-state index contributed by atoms with van der Waals surface area (Å²) >= 11 is 0. The van der Waals surface area contributed by atoms with Crippen molar-refractivity contribution in [1.29, 1.82) is 0 Å². The lowest BCUT2D eigenvalue weighted by molar-refractivity contribution is -0.137. The highest BCUT2D eigenvalue weighted by Crippen LogP contribution is 2.29. The summed E-state index contributed by atoms with van der Waals surface area (Å²) < 4.78 is 65.0. The number of piperazine rings is 1. The molecule has 2 saturated heterocycles. The monoisotopic (exact) mass is 455 g/mol. The average Bonchev–Trinajstić information content (AvgIpc) is 3.28. The van der Waals surface area contributed by atoms with Crippen LogP contribution in [0.25, 0.3) is 0 Å². The predicted molar refractivity (Wildman–Crippen MR) is 111 cm³/mol. The van der Waals surface area contributed by atoms with Crippen LogP contribution in [0.2, 0.25) is 0 Å². The van der Waals surface area contributed by atoms with Crippen LogP contribution in [0.4, 0.5) is 24.9 Å². The first kappa shape index (κ1) is 21.8. The van der Waals surface area contributed by atoms with Crippen LogP contribution in [-0.4, -0.2) is 62.0 Å². The van der Waals surface area contributed by atoms with E-state index in [1.165, 1.54) is 16.4 Å². The fraction of sp³-hybridized carbons (Fsp3) is 0.500. The molecule has 0 unspecified atom stereocenters. The van der Waals surface area contributed by atoms with E-state index in [1.54, 1.807) is 6.20 Å². The van der Waals surface area contributed by atoms with E-state index in [9.17, 15) is 21.6 Å². The SMILES string of the molecule is O=S(=O)(Cc1ccc(C(F)(F)F)cc1)N1CCN(c2ccnc(N3CCCC3)n2)CC1. The highest BCUT2D eigenvalue weighted by Gasteiger charge is 2.31. The second-order valence-corrected chi connectivity index (χ2v) is 9.71. The molecule has 2 aromatic rings. The molecule has 2 aliphatic heterocycles. The van der Waals surface area contributed by atoms with Gasteiger partial charge in [-0.25, -0.2) is 13.4 Å². The number of sulfonamides is 1. The number of rotatable bonds is 5. The fourth-order valence-corrected chi connectivity index (χ4v) is 5.39. The summed E-state index contributed by atoms with van der Waals surface area (Å²) in [7, 11) is -3.63. The number of anilines is 2. The molecule has 11 heteroatoms. The van der Waals surface area contributed by atoms with Gasteiger partial charge in [0.25, 0.3) is 0 Å². The Kier molecular flexibility index (Phi) is 6.07. The molecular formula is C20H24F3N5O2S. The normalized spacial score (nSPS) is 18.5. The highest BCUT2D eigenvalue weighted by molar-refractivity contribution is 7.88. The van der Waals surface area contributed by atoms with Gasteiger partial charge in [-0.1, -0.05) is 12.1 Å². The van der Waals surface area contributed by atoms with E-state index < -0.39 is 21.8 Å². The fourth-order valence-electron chi connectivity index (χ4n) is 3.87. The van der Waals surface area contributed by atoms with Gasteiger partial charge in [0.15, 0.2) is 0 Å². The summed E-state index contributed by atoms with van der Waals surface area (Å²) in [5.74, 6) is 1.15. The molecule has 4 rings (SSSR count). The van der Waals surface area contributed by atoms with Crippen LogP contribution in [0.15, 0.2) is 36.5 Å². The zero-order chi connectivity index (χ0) is 22.1. The van der Waals surface area contributed by atoms with Crippen molar-refractivity contribution in [3.8, 4) is 0 Å². The van der Waals surface area contributed by atoms with Crippen LogP contribution in [0, 0.1) is 0 Å². The zero-order valence-electron chi connectivity index (χ0n) is 16.9. The van der Waals surface area contributed by atoms with E-state index in [4.69, 9.17) is 0 Å². The van der Waals surface area contributed by atoms with Crippen molar-refractivity contribution >= 4 is 21.8 Å². The number of aromatic nitrogens is 2. The smallest absolute Gasteiger partial charge is 0.354 e. The minimum absolute atomic E-state index is 0.298. The van der Waals surface area contributed by atoms with Gasteiger partial charge in [-0.2, -0.15) is 22.5 Å². The molecule has 2 aliphatic rings. The summed E-state index contributed by atoms with van der Waals surface area (Å²) in [6.45, 7) is 3.46. The van der Waals surface area contributed by atoms with Gasteiger partial charge in [0.2, 0.25) is 16.0 Å². The number of alkyl halides is 3. The maximum atomic E-state index is 12.8. The molecule has 0 amide bonds. The first-order chi connectivity index (χ1) is 14.7. The van der Waals surface area contributed by atoms with E-state index in [0.29, 0.717) is 37.7 Å². The Bertz CT molecular complexity index is 1000. The molecular weight excluding hydrogens is 431 g/mol. The molecule has 0 bridgehead atoms. The second kappa shape index (κ2) is 8.62. The van der Waals surface area contributed by atoms with Crippen LogP contribution in [0.3, 0.4) is 0 Å². The second-order valence-electron chi connectivity index (χ2n) is 7.75. The first-order valence-corrected chi connectivity index (χ1v) is 11.8. The van der Waals surface area contributed by atoms with E-state index >= 15 is 0 Å². The maximum Gasteiger partial charge on any atom is 0.416 e. The standard InChI is InChI=1S/C20H24F3N5O2S/c21-20(22,23)17-5-3-16(4-6-17)15-31(29,30)28-13-11-26(12-14-28)18-7-8-24-19(25-18)27-9-1-2-10-27/h3-8H,1-2,9-15H2. The molecule has 7 nitrogen and oxygen atoms in total. The van der Waals surface area contributed by atoms with Crippen LogP contribution >= 0.6 is 0 Å². The number of benzene rings is 1. The van der Waals surface area contributed by atoms with Crippen molar-refractivity contribution in [2.45, 2.75) is 24.8 Å². The van der Waals surface area contributed by atoms with Gasteiger partial charge in [-0.15, -0.1) is 0 Å². The zero-order valence-corrected chi connectivity index (χ0v) is 17.7. The molecule has 0 atom stereocenters. The van der Waals surface area contributed by atoms with Crippen LogP contribution in [0.5, 0.6) is 0 Å². The number of hydrogen-bond acceptors (Lipinski definition) is 6. The van der Waals surface area contributed by atoms with Crippen molar-refractivity contribution in [2.75, 3.05) is 49.1 Å². The third-order valence-electron chi connectivity index (χ3n) is 5.60. The molecule has 1 aromatic heterocycles. The minimum Gasteiger partial charge on any atom is -0.354 e. The lowest BCUT2D eigenvalue weighted by Gasteiger charge is -2.35. The van der Waals surface area contributed by atoms with E-state index in [-0.39, 0.29) is 5.75 Å². The average molecular weight is 456 g/mol. The third-order valence-corrected chi connectivity index (χ3v) is 7.45. The summed E-state index contributed by atoms with van der Waals surface area (Å²) in [6.07, 6.45) is -0.459. The molecule has 1 aromatic carbocycles. The quantitative estimate of drug-likeness (QED) is 0.691. The highest BCUT2D eigenvalue weighted by atomic mass is 32.2. The Morgan fingerprint density at radius 3 is 2.13 bits per heavy atom. The summed E-state index contributed by atoms with van der Waals surface area (Å²) in [5.41, 5.74) is -0.457. The lowest BCUT2D eigenvalue weighted by Crippen LogP contribution is -2.49. The van der Waals surface area contributed by atoms with Gasteiger partial charge in [-0.05, 0) is 36.6 Å². The van der Waals surface area contributed by atoms with Gasteiger partial charge in [0.05, 0.1) is 11.3 Å². The summed E-state index contributed by atoms with van der Waals surface area (Å²) in [6, 6.07) is 6.09. The van der Waals surface area contributed by atoms with Gasteiger partial charge in [0, 0.05) is 45.5 Å². The van der Waals surface area contributed by atoms with E-state index in [2.05, 4.69) is 14.9 Å². The Labute approximate surface area is 179 Å². The summed E-state index contributed by atoms with van der Waals surface area (Å²) in [4.78, 5) is 13.2. The Morgan fingerprint density at radius 2 is 1.52 bits per heavy atom. The van der Waals surface area contributed by atoms with Crippen molar-refractivity contribution in [2.24, 2.45) is 0 Å². The van der Waals surface area contributed by atoms with E-state index in [0.717, 1.165) is 43.9 Å². The molecule has 0 aliphatic carbocycles. The Morgan fingerprint density at radius 1 is 0.871 bits per heavy atom. The molecule has 168 valence electrons. The lowest BCUT2D eigenvalue weighted by atomic mass is 10.1. The predicted octanol–water partition coefficient (Wildman–Crippen LogP) is 2.75. The molecule has 0 radical (unpaired) electrons. The van der Waals surface area contributed by atoms with E-state index in [1.807, 2.05) is 11.0 Å². The Balaban J connectivity index is 1.37. The molecule has 2 fully saturated rings. The number of hydrogen-bond donors (Lipinski definition) is 0. The first-order valence-electron chi connectivity index (χ1n) is 10.2. The van der Waals surface area contributed by atoms with Gasteiger partial charge in [-0.3, -0.25) is 0 Å². The number of nitrogens with zero attached hydrogens (tertiary/aromatic N) is 5. The third kappa shape index (κ3) is 5.09. The minimum atomic E-state index is -4.44. The van der Waals surface area contributed by atoms with Gasteiger partial charge >= 0.3 is 6.18 Å². The Hall–Kier alpha value is -2.40. The maximum absolute atomic E-state index is 12.8. The summed E-state index contributed by atoms with van der Waals surface area (Å²) in [5, 5.41) is 0. The molecule has 3 heterocycles. The van der Waals surface area contributed by atoms with Gasteiger partial charge < -0.3 is 9.80 Å². The molecule has 31 heavy (non-hydrogen) atoms. The van der Waals surface area contributed by atoms with Crippen molar-refractivity contribution in [3.05, 3.63) is 47.7 Å². The molecule has 0 N–H and O–H groups in total. The largest absolute Gasteiger partial charge is 0.416 e. The number of halogens is 3. The topological polar surface area (TPSA) is 69.6 Å². The molecule has 0 spiro atoms. The van der Waals surface area contributed by atoms with Crippen LogP contribution in [0.1, 0.15) is 24.0 Å². The van der Waals surface area contributed by atoms with Gasteiger partial charge in [0.1, 0.15) is 5.82 Å². The van der Waals surface area contributed by atoms with Crippen molar-refractivity contribution in [3.63, 3.8) is 0 Å². The van der Waals surface area contributed by atoms with Crippen LogP contribution < -0.4 is 9.80 Å². The van der Waals surface area contributed by atoms with Crippen molar-refractivity contribution < 1.29 is 21.6 Å². The molecule has 0 saturated carbocycles. The van der Waals surface area contributed by atoms with Crippen molar-refractivity contribution in [1.82, 2.24) is 14.3 Å².